The summed E-state index contributed by atoms with van der Waals surface area (Å²) < 4.78 is 4.86. The summed E-state index contributed by atoms with van der Waals surface area (Å²) >= 11 is 0. The van der Waals surface area contributed by atoms with Crippen LogP contribution in [0.3, 0.4) is 0 Å². The third-order valence-electron chi connectivity index (χ3n) is 1.09. The largest absolute Gasteiger partial charge is 0.432 e. The van der Waals surface area contributed by atoms with Gasteiger partial charge in [-0.3, -0.25) is 4.79 Å². The lowest BCUT2D eigenvalue weighted by atomic mass is 10.3. The van der Waals surface area contributed by atoms with Gasteiger partial charge in [-0.2, -0.15) is 0 Å². The molecule has 0 heterocycles. The zero-order chi connectivity index (χ0) is 7.98. The lowest BCUT2D eigenvalue weighted by molar-refractivity contribution is -0.137. The van der Waals surface area contributed by atoms with Crippen LogP contribution in [0.1, 0.15) is 33.6 Å². The molecule has 0 aliphatic carbocycles. The summed E-state index contributed by atoms with van der Waals surface area (Å²) in [4.78, 5) is 10.4. The molecule has 0 unspecified atom stereocenters. The summed E-state index contributed by atoms with van der Waals surface area (Å²) in [5.41, 5.74) is 0. The van der Waals surface area contributed by atoms with E-state index in [0.29, 0.717) is 0 Å². The lowest BCUT2D eigenvalue weighted by Gasteiger charge is -2.02. The van der Waals surface area contributed by atoms with Gasteiger partial charge < -0.3 is 4.74 Å². The Morgan fingerprint density at radius 2 is 2.20 bits per heavy atom. The van der Waals surface area contributed by atoms with Gasteiger partial charge in [0.2, 0.25) is 0 Å². The van der Waals surface area contributed by atoms with Crippen LogP contribution in [-0.4, -0.2) is 5.97 Å². The molecule has 0 amide bonds. The van der Waals surface area contributed by atoms with Gasteiger partial charge in [0.05, 0.1) is 0 Å². The Labute approximate surface area is 61.9 Å². The molecule has 0 rings (SSSR count). The van der Waals surface area contributed by atoms with Gasteiger partial charge in [0.1, 0.15) is 5.76 Å². The molecule has 0 N–H and O–H groups in total. The molecule has 0 saturated carbocycles. The highest BCUT2D eigenvalue weighted by atomic mass is 16.5. The van der Waals surface area contributed by atoms with Crippen LogP contribution in [0, 0.1) is 0 Å². The maximum atomic E-state index is 10.4. The maximum Gasteiger partial charge on any atom is 0.307 e. The van der Waals surface area contributed by atoms with Crippen LogP contribution in [-0.2, 0) is 9.53 Å². The van der Waals surface area contributed by atoms with E-state index < -0.39 is 0 Å². The van der Waals surface area contributed by atoms with Crippen molar-refractivity contribution in [2.24, 2.45) is 0 Å². The van der Waals surface area contributed by atoms with Crippen molar-refractivity contribution >= 4 is 5.97 Å². The number of allylic oxidation sites excluding steroid dienone is 2. The molecule has 0 radical (unpaired) electrons. The third kappa shape index (κ3) is 4.13. The molecule has 0 atom stereocenters. The Hall–Kier alpha value is -0.790. The summed E-state index contributed by atoms with van der Waals surface area (Å²) in [5.74, 6) is 0.538. The number of hydrogen-bond donors (Lipinski definition) is 0. The number of carbonyl (C=O) groups is 1. The van der Waals surface area contributed by atoms with E-state index in [-0.39, 0.29) is 5.97 Å². The molecular formula is C8H14O2. The Balaban J connectivity index is 3.73. The molecule has 10 heavy (non-hydrogen) atoms. The molecule has 0 fully saturated rings. The molecule has 2 nitrogen and oxygen atoms in total. The molecular weight excluding hydrogens is 128 g/mol. The number of esters is 1. The van der Waals surface area contributed by atoms with Crippen LogP contribution in [0.4, 0.5) is 0 Å². The summed E-state index contributed by atoms with van der Waals surface area (Å²) in [6.07, 6.45) is 3.67. The van der Waals surface area contributed by atoms with Crippen LogP contribution in [0.2, 0.25) is 0 Å². The Bertz CT molecular complexity index is 136. The molecule has 0 aliphatic rings. The first-order chi connectivity index (χ1) is 4.70. The summed E-state index contributed by atoms with van der Waals surface area (Å²) in [5, 5.41) is 0. The minimum absolute atomic E-state index is 0.235. The average molecular weight is 142 g/mol. The van der Waals surface area contributed by atoms with Crippen molar-refractivity contribution in [3.63, 3.8) is 0 Å². The Morgan fingerprint density at radius 1 is 1.60 bits per heavy atom. The molecule has 0 aromatic carbocycles. The van der Waals surface area contributed by atoms with Crippen molar-refractivity contribution in [1.82, 2.24) is 0 Å². The second-order valence-corrected chi connectivity index (χ2v) is 2.10. The molecule has 58 valence electrons. The third-order valence-corrected chi connectivity index (χ3v) is 1.09. The van der Waals surface area contributed by atoms with Gasteiger partial charge >= 0.3 is 5.97 Å². The topological polar surface area (TPSA) is 26.3 Å². The van der Waals surface area contributed by atoms with Crippen molar-refractivity contribution in [2.75, 3.05) is 0 Å². The molecule has 2 heteroatoms. The van der Waals surface area contributed by atoms with E-state index in [1.165, 1.54) is 6.92 Å². The number of carbonyl (C=O) groups excluding carboxylic acids is 1. The molecule has 0 aliphatic heterocycles. The van der Waals surface area contributed by atoms with Gasteiger partial charge in [-0.25, -0.2) is 0 Å². The van der Waals surface area contributed by atoms with Crippen molar-refractivity contribution < 1.29 is 9.53 Å². The van der Waals surface area contributed by atoms with Gasteiger partial charge in [-0.1, -0.05) is 6.92 Å². The first-order valence-electron chi connectivity index (χ1n) is 3.54. The second-order valence-electron chi connectivity index (χ2n) is 2.10. The second kappa shape index (κ2) is 5.03. The van der Waals surface area contributed by atoms with E-state index in [2.05, 4.69) is 0 Å². The Kier molecular flexibility index (Phi) is 4.63. The fourth-order valence-corrected chi connectivity index (χ4v) is 0.685. The van der Waals surface area contributed by atoms with Crippen molar-refractivity contribution in [1.29, 1.82) is 0 Å². The number of ether oxygens (including phenoxy) is 1. The van der Waals surface area contributed by atoms with Gasteiger partial charge in [-0.05, 0) is 19.4 Å². The van der Waals surface area contributed by atoms with Crippen LogP contribution < -0.4 is 0 Å². The van der Waals surface area contributed by atoms with E-state index >= 15 is 0 Å². The quantitative estimate of drug-likeness (QED) is 0.446. The van der Waals surface area contributed by atoms with E-state index in [0.717, 1.165) is 18.6 Å². The van der Waals surface area contributed by atoms with Gasteiger partial charge in [0.15, 0.2) is 0 Å². The predicted molar refractivity (Wildman–Crippen MR) is 40.4 cm³/mol. The highest BCUT2D eigenvalue weighted by Gasteiger charge is 1.97. The standard InChI is InChI=1S/C8H14O2/c1-4-6-8(5-2)10-7(3)9/h5H,4,6H2,1-3H3. The lowest BCUT2D eigenvalue weighted by Crippen LogP contribution is -1.97. The van der Waals surface area contributed by atoms with Crippen molar-refractivity contribution in [2.45, 2.75) is 33.6 Å². The van der Waals surface area contributed by atoms with E-state index in [9.17, 15) is 4.79 Å². The fraction of sp³-hybridized carbons (Fsp3) is 0.625. The van der Waals surface area contributed by atoms with Crippen LogP contribution in [0.25, 0.3) is 0 Å². The first-order valence-corrected chi connectivity index (χ1v) is 3.54. The SMILES string of the molecule is CC=C(CCC)OC(C)=O. The Morgan fingerprint density at radius 3 is 2.50 bits per heavy atom. The predicted octanol–water partition coefficient (Wildman–Crippen LogP) is 2.25. The monoisotopic (exact) mass is 142 g/mol. The molecule has 0 aromatic rings. The van der Waals surface area contributed by atoms with E-state index in [1.807, 2.05) is 19.9 Å². The van der Waals surface area contributed by atoms with Crippen LogP contribution in [0.15, 0.2) is 11.8 Å². The van der Waals surface area contributed by atoms with Gasteiger partial charge in [0, 0.05) is 13.3 Å². The van der Waals surface area contributed by atoms with Crippen LogP contribution >= 0.6 is 0 Å². The highest BCUT2D eigenvalue weighted by Crippen LogP contribution is 2.05. The number of hydrogen-bond acceptors (Lipinski definition) is 2. The normalized spacial score (nSPS) is 11.3. The number of rotatable bonds is 3. The van der Waals surface area contributed by atoms with E-state index in [1.54, 1.807) is 0 Å². The van der Waals surface area contributed by atoms with Crippen LogP contribution in [0.5, 0.6) is 0 Å². The molecule has 0 saturated heterocycles. The maximum absolute atomic E-state index is 10.4. The van der Waals surface area contributed by atoms with Gasteiger partial charge in [0.25, 0.3) is 0 Å². The van der Waals surface area contributed by atoms with Crippen molar-refractivity contribution in [3.8, 4) is 0 Å². The van der Waals surface area contributed by atoms with Crippen molar-refractivity contribution in [3.05, 3.63) is 11.8 Å². The molecule has 0 aromatic heterocycles. The first kappa shape index (κ1) is 9.21. The smallest absolute Gasteiger partial charge is 0.307 e. The minimum Gasteiger partial charge on any atom is -0.432 e. The summed E-state index contributed by atoms with van der Waals surface area (Å²) in [6.45, 7) is 5.33. The fourth-order valence-electron chi connectivity index (χ4n) is 0.685. The summed E-state index contributed by atoms with van der Waals surface area (Å²) in [6, 6.07) is 0. The minimum atomic E-state index is -0.235. The average Bonchev–Trinajstić information content (AvgIpc) is 1.86. The summed E-state index contributed by atoms with van der Waals surface area (Å²) in [7, 11) is 0. The zero-order valence-electron chi connectivity index (χ0n) is 6.81. The molecule has 0 bridgehead atoms. The van der Waals surface area contributed by atoms with Gasteiger partial charge in [-0.15, -0.1) is 0 Å². The van der Waals surface area contributed by atoms with E-state index in [4.69, 9.17) is 4.74 Å². The highest BCUT2D eigenvalue weighted by molar-refractivity contribution is 5.67. The molecule has 0 spiro atoms. The zero-order valence-corrected chi connectivity index (χ0v) is 6.81.